The number of nitrogens with zero attached hydrogens (tertiary/aromatic N) is 3. The minimum absolute atomic E-state index is 0.120. The number of para-hydroxylation sites is 1. The van der Waals surface area contributed by atoms with Crippen LogP contribution in [0.15, 0.2) is 64.2 Å². The zero-order chi connectivity index (χ0) is 14.9. The topological polar surface area (TPSA) is 80.5 Å². The third-order valence-electron chi connectivity index (χ3n) is 2.63. The van der Waals surface area contributed by atoms with E-state index in [1.165, 1.54) is 18.4 Å². The van der Waals surface area contributed by atoms with Crippen LogP contribution in [0, 0.1) is 0 Å². The molecule has 0 atom stereocenters. The van der Waals surface area contributed by atoms with Crippen molar-refractivity contribution in [2.24, 2.45) is 15.6 Å². The maximum atomic E-state index is 11.8. The number of hydrogen-bond donors (Lipinski definition) is 0. The molecule has 1 aliphatic rings. The van der Waals surface area contributed by atoms with Crippen molar-refractivity contribution in [1.82, 2.24) is 0 Å². The van der Waals surface area contributed by atoms with Gasteiger partial charge in [-0.25, -0.2) is 0 Å². The van der Waals surface area contributed by atoms with Gasteiger partial charge in [0, 0.05) is 18.4 Å². The second-order valence-corrected chi connectivity index (χ2v) is 4.21. The van der Waals surface area contributed by atoms with Crippen LogP contribution < -0.4 is 4.84 Å². The van der Waals surface area contributed by atoms with Crippen LogP contribution >= 0.6 is 0 Å². The molecular formula is C15H13N3O3. The lowest BCUT2D eigenvalue weighted by atomic mass is 10.1. The van der Waals surface area contributed by atoms with E-state index in [0.29, 0.717) is 11.3 Å². The maximum absolute atomic E-state index is 11.8. The molecule has 106 valence electrons. The van der Waals surface area contributed by atoms with Crippen molar-refractivity contribution < 1.29 is 14.4 Å². The quantitative estimate of drug-likeness (QED) is 0.734. The number of rotatable bonds is 0. The maximum Gasteiger partial charge on any atom is 0.163 e. The summed E-state index contributed by atoms with van der Waals surface area (Å²) >= 11 is 0. The first-order valence-corrected chi connectivity index (χ1v) is 6.33. The zero-order valence-electron chi connectivity index (χ0n) is 11.2. The van der Waals surface area contributed by atoms with Gasteiger partial charge in [0.15, 0.2) is 17.3 Å². The van der Waals surface area contributed by atoms with E-state index < -0.39 is 0 Å². The van der Waals surface area contributed by atoms with Gasteiger partial charge < -0.3 is 4.84 Å². The van der Waals surface area contributed by atoms with E-state index in [-0.39, 0.29) is 24.4 Å². The first-order valence-electron chi connectivity index (χ1n) is 6.33. The Labute approximate surface area is 121 Å². The molecule has 0 radical (unpaired) electrons. The third-order valence-corrected chi connectivity index (χ3v) is 2.63. The third kappa shape index (κ3) is 4.94. The monoisotopic (exact) mass is 283 g/mol. The summed E-state index contributed by atoms with van der Waals surface area (Å²) in [4.78, 5) is 28.5. The Balaban J connectivity index is 2.25. The molecule has 0 spiro atoms. The van der Waals surface area contributed by atoms with Gasteiger partial charge in [0.2, 0.25) is 0 Å². The fraction of sp³-hybridized carbons (Fsp3) is 0.133. The number of hydrogen-bond acceptors (Lipinski definition) is 6. The fourth-order valence-corrected chi connectivity index (χ4v) is 1.64. The Kier molecular flexibility index (Phi) is 5.28. The molecule has 6 nitrogen and oxygen atoms in total. The van der Waals surface area contributed by atoms with Gasteiger partial charge in [-0.1, -0.05) is 24.3 Å². The highest BCUT2D eigenvalue weighted by Crippen LogP contribution is 2.19. The van der Waals surface area contributed by atoms with Crippen molar-refractivity contribution in [1.29, 1.82) is 0 Å². The number of ketones is 2. The summed E-state index contributed by atoms with van der Waals surface area (Å²) in [6.07, 6.45) is 7.45. The normalized spacial score (nSPS) is 22.1. The summed E-state index contributed by atoms with van der Waals surface area (Å²) in [5.74, 6) is 0.0791. The molecule has 0 unspecified atom stereocenters. The summed E-state index contributed by atoms with van der Waals surface area (Å²) in [6, 6.07) is 6.98. The molecule has 1 aromatic rings. The van der Waals surface area contributed by atoms with Crippen LogP contribution in [0.2, 0.25) is 0 Å². The largest absolute Gasteiger partial charge is 0.338 e. The van der Waals surface area contributed by atoms with E-state index in [2.05, 4.69) is 15.6 Å². The number of fused-ring (bicyclic) bond motifs is 1. The highest BCUT2D eigenvalue weighted by Gasteiger charge is 2.07. The Morgan fingerprint density at radius 2 is 1.86 bits per heavy atom. The lowest BCUT2D eigenvalue weighted by molar-refractivity contribution is -0.116. The minimum Gasteiger partial charge on any atom is -0.338 e. The van der Waals surface area contributed by atoms with Crippen molar-refractivity contribution >= 4 is 17.8 Å². The predicted molar refractivity (Wildman–Crippen MR) is 77.0 cm³/mol. The summed E-state index contributed by atoms with van der Waals surface area (Å²) in [6.45, 7) is 0. The lowest BCUT2D eigenvalue weighted by Gasteiger charge is -2.03. The summed E-state index contributed by atoms with van der Waals surface area (Å²) in [7, 11) is 0. The summed E-state index contributed by atoms with van der Waals surface area (Å²) < 4.78 is 0. The van der Waals surface area contributed by atoms with Crippen LogP contribution in [0.4, 0.5) is 0 Å². The second-order valence-electron chi connectivity index (χ2n) is 4.21. The molecule has 0 saturated carbocycles. The fourth-order valence-electron chi connectivity index (χ4n) is 1.64. The number of carbonyl (C=O) groups excluding carboxylic acids is 2. The molecule has 0 fully saturated rings. The highest BCUT2D eigenvalue weighted by atomic mass is 16.6. The average molecular weight is 283 g/mol. The first kappa shape index (κ1) is 14.5. The van der Waals surface area contributed by atoms with Gasteiger partial charge in [-0.05, 0) is 29.5 Å². The van der Waals surface area contributed by atoms with E-state index in [1.807, 2.05) is 0 Å². The van der Waals surface area contributed by atoms with Gasteiger partial charge in [0.05, 0.1) is 11.5 Å². The van der Waals surface area contributed by atoms with Crippen molar-refractivity contribution in [2.45, 2.75) is 12.8 Å². The molecule has 0 saturated heterocycles. The van der Waals surface area contributed by atoms with Crippen LogP contribution in [0.5, 0.6) is 5.75 Å². The van der Waals surface area contributed by atoms with Crippen molar-refractivity contribution in [3.63, 3.8) is 0 Å². The molecule has 0 amide bonds. The minimum atomic E-state index is -0.188. The Morgan fingerprint density at radius 1 is 1.05 bits per heavy atom. The molecule has 6 heteroatoms. The van der Waals surface area contributed by atoms with E-state index in [4.69, 9.17) is 4.84 Å². The molecule has 0 aliphatic carbocycles. The van der Waals surface area contributed by atoms with Gasteiger partial charge in [-0.3, -0.25) is 9.59 Å². The number of benzene rings is 1. The van der Waals surface area contributed by atoms with Crippen LogP contribution in [0.3, 0.4) is 0 Å². The van der Waals surface area contributed by atoms with Gasteiger partial charge in [0.25, 0.3) is 0 Å². The Hall–Kier alpha value is -2.89. The van der Waals surface area contributed by atoms with Crippen LogP contribution in [-0.4, -0.2) is 17.8 Å². The van der Waals surface area contributed by atoms with Crippen molar-refractivity contribution in [2.75, 3.05) is 0 Å². The van der Waals surface area contributed by atoms with E-state index in [9.17, 15) is 9.59 Å². The van der Waals surface area contributed by atoms with Crippen molar-refractivity contribution in [3.8, 4) is 5.75 Å². The summed E-state index contributed by atoms with van der Waals surface area (Å²) in [5.41, 5.74) is 0.663. The molecule has 1 aromatic carbocycles. The molecular weight excluding hydrogens is 270 g/mol. The average Bonchev–Trinajstić information content (AvgIpc) is 2.49. The SMILES string of the molecule is O=C1/C=C\C(=O)Cc2ccccc2O\N=N/N=C\C=C/C1. The van der Waals surface area contributed by atoms with Crippen LogP contribution in [-0.2, 0) is 16.0 Å². The standard InChI is InChI=1S/C15H13N3O3/c19-13-6-3-4-10-16-17-18-21-15-7-2-1-5-12(15)11-14(20)9-8-13/h1-5,7-10H,6,11H2/b4-3-,9-8-,16-10-,18-17-. The predicted octanol–water partition coefficient (Wildman–Crippen LogP) is 2.62. The lowest BCUT2D eigenvalue weighted by Crippen LogP contribution is -2.02. The number of allylic oxidation sites excluding steroid dienone is 4. The van der Waals surface area contributed by atoms with Crippen LogP contribution in [0.1, 0.15) is 12.0 Å². The zero-order valence-corrected chi connectivity index (χ0v) is 11.2. The molecule has 0 bridgehead atoms. The Bertz CT molecular complexity index is 645. The molecule has 1 aliphatic heterocycles. The molecule has 2 rings (SSSR count). The molecule has 0 aromatic heterocycles. The van der Waals surface area contributed by atoms with Gasteiger partial charge >= 0.3 is 0 Å². The second kappa shape index (κ2) is 7.64. The van der Waals surface area contributed by atoms with E-state index in [1.54, 1.807) is 36.4 Å². The molecule has 21 heavy (non-hydrogen) atoms. The van der Waals surface area contributed by atoms with Gasteiger partial charge in [0.1, 0.15) is 0 Å². The van der Waals surface area contributed by atoms with Gasteiger partial charge in [-0.2, -0.15) is 0 Å². The smallest absolute Gasteiger partial charge is 0.163 e. The first-order chi connectivity index (χ1) is 10.3. The molecule has 1 heterocycles. The summed E-state index contributed by atoms with van der Waals surface area (Å²) in [5, 5.41) is 10.5. The van der Waals surface area contributed by atoms with Gasteiger partial charge in [-0.15, -0.1) is 5.10 Å². The van der Waals surface area contributed by atoms with E-state index in [0.717, 1.165) is 0 Å². The van der Waals surface area contributed by atoms with Crippen molar-refractivity contribution in [3.05, 3.63) is 54.1 Å². The molecule has 0 N–H and O–H groups in total. The number of carbonyl (C=O) groups is 2. The van der Waals surface area contributed by atoms with Crippen LogP contribution in [0.25, 0.3) is 0 Å². The Morgan fingerprint density at radius 3 is 2.76 bits per heavy atom. The highest BCUT2D eigenvalue weighted by molar-refractivity contribution is 6.00. The van der Waals surface area contributed by atoms with E-state index >= 15 is 0 Å².